The Morgan fingerprint density at radius 2 is 2.50 bits per heavy atom. The fourth-order valence-corrected chi connectivity index (χ4v) is 1.58. The summed E-state index contributed by atoms with van der Waals surface area (Å²) < 4.78 is 5.21. The first kappa shape index (κ1) is 10.8. The number of carboxylic acid groups (broad SMARTS) is 1. The van der Waals surface area contributed by atoms with Crippen molar-refractivity contribution in [3.05, 3.63) is 17.6 Å². The van der Waals surface area contributed by atoms with E-state index in [9.17, 15) is 4.79 Å². The van der Waals surface area contributed by atoms with Crippen molar-refractivity contribution in [1.82, 2.24) is 9.97 Å². The molecule has 0 spiro atoms. The average molecular weight is 223 g/mol. The Balaban J connectivity index is 2.22. The second-order valence-corrected chi connectivity index (χ2v) is 3.69. The zero-order valence-corrected chi connectivity index (χ0v) is 8.93. The fraction of sp³-hybridized carbons (Fsp3) is 0.500. The first-order valence-corrected chi connectivity index (χ1v) is 5.08. The Morgan fingerprint density at radius 3 is 3.12 bits per heavy atom. The molecule has 2 heterocycles. The highest BCUT2D eigenvalue weighted by atomic mass is 16.5. The van der Waals surface area contributed by atoms with Crippen molar-refractivity contribution in [2.24, 2.45) is 0 Å². The Bertz CT molecular complexity index is 402. The zero-order chi connectivity index (χ0) is 11.5. The lowest BCUT2D eigenvalue weighted by Crippen LogP contribution is -2.22. The number of anilines is 1. The normalized spacial score (nSPS) is 19.7. The molecule has 1 fully saturated rings. The predicted octanol–water partition coefficient (Wildman–Crippen LogP) is 0.684. The highest BCUT2D eigenvalue weighted by molar-refractivity contribution is 5.92. The van der Waals surface area contributed by atoms with Crippen molar-refractivity contribution in [3.63, 3.8) is 0 Å². The number of aromatic nitrogens is 2. The van der Waals surface area contributed by atoms with Crippen molar-refractivity contribution < 1.29 is 14.6 Å². The monoisotopic (exact) mass is 223 g/mol. The van der Waals surface area contributed by atoms with E-state index in [1.165, 1.54) is 6.20 Å². The number of nitrogens with zero attached hydrogens (tertiary/aromatic N) is 2. The molecule has 1 aromatic heterocycles. The number of rotatable bonds is 3. The smallest absolute Gasteiger partial charge is 0.341 e. The van der Waals surface area contributed by atoms with E-state index in [2.05, 4.69) is 15.3 Å². The Labute approximate surface area is 92.7 Å². The summed E-state index contributed by atoms with van der Waals surface area (Å²) in [6.45, 7) is 3.01. The van der Waals surface area contributed by atoms with Gasteiger partial charge in [0, 0.05) is 12.8 Å². The summed E-state index contributed by atoms with van der Waals surface area (Å²) in [5, 5.41) is 12.1. The lowest BCUT2D eigenvalue weighted by molar-refractivity contribution is 0.0697. The van der Waals surface area contributed by atoms with Crippen molar-refractivity contribution in [1.29, 1.82) is 0 Å². The van der Waals surface area contributed by atoms with Crippen LogP contribution in [0.25, 0.3) is 0 Å². The molecule has 0 bridgehead atoms. The van der Waals surface area contributed by atoms with Gasteiger partial charge in [-0.1, -0.05) is 0 Å². The van der Waals surface area contributed by atoms with Crippen LogP contribution in [-0.4, -0.2) is 40.3 Å². The third-order valence-electron chi connectivity index (χ3n) is 2.41. The van der Waals surface area contributed by atoms with Crippen LogP contribution in [-0.2, 0) is 4.74 Å². The molecule has 1 aliphatic heterocycles. The number of nitrogens with one attached hydrogen (secondary N) is 1. The van der Waals surface area contributed by atoms with Crippen LogP contribution in [0.4, 0.5) is 5.82 Å². The number of carboxylic acids is 1. The molecule has 6 nitrogen and oxygen atoms in total. The molecule has 1 aliphatic rings. The SMILES string of the molecule is Cc1ncc(C(=O)O)c(N[C@@H]2CCOC2)n1. The standard InChI is InChI=1S/C10H13N3O3/c1-6-11-4-8(10(14)15)9(12-6)13-7-2-3-16-5-7/h4,7H,2-3,5H2,1H3,(H,14,15)(H,11,12,13)/t7-/m1/s1. The minimum atomic E-state index is -1.03. The average Bonchev–Trinajstić information content (AvgIpc) is 2.70. The maximum Gasteiger partial charge on any atom is 0.341 e. The number of hydrogen-bond acceptors (Lipinski definition) is 5. The Morgan fingerprint density at radius 1 is 1.69 bits per heavy atom. The summed E-state index contributed by atoms with van der Waals surface area (Å²) in [6.07, 6.45) is 2.19. The lowest BCUT2D eigenvalue weighted by atomic mass is 10.2. The molecular formula is C10H13N3O3. The van der Waals surface area contributed by atoms with Crippen LogP contribution in [0.3, 0.4) is 0 Å². The minimum Gasteiger partial charge on any atom is -0.477 e. The molecule has 0 saturated carbocycles. The van der Waals surface area contributed by atoms with Crippen molar-refractivity contribution in [2.75, 3.05) is 18.5 Å². The molecule has 1 saturated heterocycles. The van der Waals surface area contributed by atoms with E-state index in [0.29, 0.717) is 24.9 Å². The Hall–Kier alpha value is -1.69. The maximum absolute atomic E-state index is 11.0. The van der Waals surface area contributed by atoms with Gasteiger partial charge in [-0.05, 0) is 13.3 Å². The van der Waals surface area contributed by atoms with E-state index in [-0.39, 0.29) is 11.6 Å². The van der Waals surface area contributed by atoms with E-state index in [4.69, 9.17) is 9.84 Å². The minimum absolute atomic E-state index is 0.0949. The van der Waals surface area contributed by atoms with E-state index < -0.39 is 5.97 Å². The molecule has 2 rings (SSSR count). The molecule has 1 aromatic rings. The van der Waals surface area contributed by atoms with Crippen LogP contribution in [0.5, 0.6) is 0 Å². The van der Waals surface area contributed by atoms with E-state index >= 15 is 0 Å². The summed E-state index contributed by atoms with van der Waals surface area (Å²) in [4.78, 5) is 18.9. The third kappa shape index (κ3) is 2.27. The predicted molar refractivity (Wildman–Crippen MR) is 56.6 cm³/mol. The summed E-state index contributed by atoms with van der Waals surface area (Å²) in [5.41, 5.74) is 0.0949. The summed E-state index contributed by atoms with van der Waals surface area (Å²) in [7, 11) is 0. The molecule has 0 aliphatic carbocycles. The van der Waals surface area contributed by atoms with Gasteiger partial charge in [0.1, 0.15) is 17.2 Å². The quantitative estimate of drug-likeness (QED) is 0.784. The topological polar surface area (TPSA) is 84.3 Å². The van der Waals surface area contributed by atoms with Gasteiger partial charge in [0.05, 0.1) is 12.6 Å². The number of carbonyl (C=O) groups is 1. The highest BCUT2D eigenvalue weighted by Gasteiger charge is 2.19. The molecule has 6 heteroatoms. The van der Waals surface area contributed by atoms with Crippen LogP contribution in [0.2, 0.25) is 0 Å². The zero-order valence-electron chi connectivity index (χ0n) is 8.93. The van der Waals surface area contributed by atoms with Gasteiger partial charge in [0.2, 0.25) is 0 Å². The van der Waals surface area contributed by atoms with Gasteiger partial charge in [0.15, 0.2) is 0 Å². The molecule has 0 unspecified atom stereocenters. The summed E-state index contributed by atoms with van der Waals surface area (Å²) in [5.74, 6) is -0.108. The largest absolute Gasteiger partial charge is 0.477 e. The second-order valence-electron chi connectivity index (χ2n) is 3.69. The molecule has 0 aromatic carbocycles. The van der Waals surface area contributed by atoms with Crippen LogP contribution >= 0.6 is 0 Å². The molecular weight excluding hydrogens is 210 g/mol. The fourth-order valence-electron chi connectivity index (χ4n) is 1.58. The summed E-state index contributed by atoms with van der Waals surface area (Å²) >= 11 is 0. The lowest BCUT2D eigenvalue weighted by Gasteiger charge is -2.13. The molecule has 0 amide bonds. The van der Waals surface area contributed by atoms with Gasteiger partial charge in [0.25, 0.3) is 0 Å². The van der Waals surface area contributed by atoms with Gasteiger partial charge in [-0.25, -0.2) is 14.8 Å². The van der Waals surface area contributed by atoms with Crippen LogP contribution < -0.4 is 5.32 Å². The van der Waals surface area contributed by atoms with Crippen LogP contribution in [0.15, 0.2) is 6.20 Å². The summed E-state index contributed by atoms with van der Waals surface area (Å²) in [6, 6.07) is 0.132. The van der Waals surface area contributed by atoms with E-state index in [1.54, 1.807) is 6.92 Å². The number of aromatic carboxylic acids is 1. The third-order valence-corrected chi connectivity index (χ3v) is 2.41. The Kier molecular flexibility index (Phi) is 3.00. The number of ether oxygens (including phenoxy) is 1. The second kappa shape index (κ2) is 4.44. The van der Waals surface area contributed by atoms with E-state index in [1.807, 2.05) is 0 Å². The van der Waals surface area contributed by atoms with Crippen molar-refractivity contribution >= 4 is 11.8 Å². The molecule has 16 heavy (non-hydrogen) atoms. The number of hydrogen-bond donors (Lipinski definition) is 2. The van der Waals surface area contributed by atoms with Gasteiger partial charge >= 0.3 is 5.97 Å². The van der Waals surface area contributed by atoms with Crippen LogP contribution in [0, 0.1) is 6.92 Å². The van der Waals surface area contributed by atoms with Gasteiger partial charge < -0.3 is 15.2 Å². The maximum atomic E-state index is 11.0. The first-order valence-electron chi connectivity index (χ1n) is 5.08. The molecule has 1 atom stereocenters. The highest BCUT2D eigenvalue weighted by Crippen LogP contribution is 2.16. The van der Waals surface area contributed by atoms with Gasteiger partial charge in [-0.3, -0.25) is 0 Å². The molecule has 0 radical (unpaired) electrons. The molecule has 86 valence electrons. The van der Waals surface area contributed by atoms with Gasteiger partial charge in [-0.2, -0.15) is 0 Å². The number of aryl methyl sites for hydroxylation is 1. The van der Waals surface area contributed by atoms with Crippen molar-refractivity contribution in [2.45, 2.75) is 19.4 Å². The molecule has 2 N–H and O–H groups in total. The van der Waals surface area contributed by atoms with Crippen LogP contribution in [0.1, 0.15) is 22.6 Å². The first-order chi connectivity index (χ1) is 7.66. The van der Waals surface area contributed by atoms with Gasteiger partial charge in [-0.15, -0.1) is 0 Å². The van der Waals surface area contributed by atoms with Crippen molar-refractivity contribution in [3.8, 4) is 0 Å². The van der Waals surface area contributed by atoms with E-state index in [0.717, 1.165) is 6.42 Å².